The van der Waals surface area contributed by atoms with Gasteiger partial charge in [0, 0.05) is 47.5 Å². The second-order valence-corrected chi connectivity index (χ2v) is 10.3. The molecular weight excluding hydrogens is 512 g/mol. The van der Waals surface area contributed by atoms with Crippen LogP contribution in [0.15, 0.2) is 54.9 Å². The zero-order valence-electron chi connectivity index (χ0n) is 23.3. The number of aromatic nitrogens is 3. The van der Waals surface area contributed by atoms with E-state index in [9.17, 15) is 5.11 Å². The highest BCUT2D eigenvalue weighted by Crippen LogP contribution is 2.52. The average molecular weight is 546 g/mol. The van der Waals surface area contributed by atoms with E-state index in [0.717, 1.165) is 28.2 Å². The molecule has 0 saturated heterocycles. The van der Waals surface area contributed by atoms with Crippen LogP contribution in [0, 0.1) is 25.5 Å². The van der Waals surface area contributed by atoms with Gasteiger partial charge in [-0.05, 0) is 57.4 Å². The van der Waals surface area contributed by atoms with E-state index in [4.69, 9.17) is 9.72 Å². The molecule has 2 N–H and O–H groups in total. The van der Waals surface area contributed by atoms with Crippen molar-refractivity contribution >= 4 is 17.2 Å². The highest BCUT2D eigenvalue weighted by Gasteiger charge is 2.49. The number of aromatic hydroxyl groups is 1. The van der Waals surface area contributed by atoms with Crippen molar-refractivity contribution < 1.29 is 18.6 Å². The van der Waals surface area contributed by atoms with Crippen LogP contribution in [-0.4, -0.2) is 32.2 Å². The van der Waals surface area contributed by atoms with Crippen LogP contribution in [0.3, 0.4) is 0 Å². The summed E-state index contributed by atoms with van der Waals surface area (Å²) in [5.74, 6) is -0.790. The smallest absolute Gasteiger partial charge is 0.177 e. The van der Waals surface area contributed by atoms with Crippen molar-refractivity contribution in [2.75, 3.05) is 16.8 Å². The zero-order valence-corrected chi connectivity index (χ0v) is 23.3. The van der Waals surface area contributed by atoms with Crippen molar-refractivity contribution in [2.45, 2.75) is 59.0 Å². The number of nitrogens with one attached hydrogen (secondary N) is 1. The Morgan fingerprint density at radius 3 is 2.48 bits per heavy atom. The molecule has 1 aliphatic heterocycles. The molecule has 0 saturated carbocycles. The van der Waals surface area contributed by atoms with E-state index in [2.05, 4.69) is 22.2 Å². The first-order chi connectivity index (χ1) is 19.2. The Balaban J connectivity index is 1.57. The summed E-state index contributed by atoms with van der Waals surface area (Å²) in [5, 5.41) is 13.9. The van der Waals surface area contributed by atoms with Gasteiger partial charge < -0.3 is 20.1 Å². The molecule has 2 aromatic heterocycles. The third-order valence-electron chi connectivity index (χ3n) is 7.77. The molecule has 4 aromatic rings. The van der Waals surface area contributed by atoms with E-state index >= 15 is 8.78 Å². The van der Waals surface area contributed by atoms with Gasteiger partial charge in [-0.2, -0.15) is 0 Å². The lowest BCUT2D eigenvalue weighted by molar-refractivity contribution is 0.334. The molecule has 0 fully saturated rings. The minimum absolute atomic E-state index is 0.0145. The SMILES string of the molecule is CCOc1cc(F)c(CN2c3ccccc3C(c3ncc(O)c(Nc4cc(C)ncc4C)n3)C2(C)CC)c(F)c1. The van der Waals surface area contributed by atoms with Gasteiger partial charge in [0.15, 0.2) is 11.6 Å². The summed E-state index contributed by atoms with van der Waals surface area (Å²) in [7, 11) is 0. The largest absolute Gasteiger partial charge is 0.503 e. The normalized spacial score (nSPS) is 18.1. The summed E-state index contributed by atoms with van der Waals surface area (Å²) in [6, 6.07) is 12.2. The minimum atomic E-state index is -0.654. The summed E-state index contributed by atoms with van der Waals surface area (Å²) in [5.41, 5.74) is 3.66. The molecule has 0 amide bonds. The summed E-state index contributed by atoms with van der Waals surface area (Å²) in [6.07, 6.45) is 3.79. The molecule has 2 atom stereocenters. The Morgan fingerprint density at radius 1 is 1.05 bits per heavy atom. The number of aryl methyl sites for hydroxylation is 2. The molecule has 0 radical (unpaired) electrons. The van der Waals surface area contributed by atoms with E-state index in [1.807, 2.05) is 56.0 Å². The Labute approximate surface area is 232 Å². The first-order valence-electron chi connectivity index (χ1n) is 13.4. The Morgan fingerprint density at radius 2 is 1.77 bits per heavy atom. The number of fused-ring (bicyclic) bond motifs is 1. The van der Waals surface area contributed by atoms with Gasteiger partial charge in [0.25, 0.3) is 0 Å². The van der Waals surface area contributed by atoms with Gasteiger partial charge >= 0.3 is 0 Å². The number of rotatable bonds is 8. The number of halogens is 2. The van der Waals surface area contributed by atoms with Crippen LogP contribution in [0.5, 0.6) is 11.5 Å². The lowest BCUT2D eigenvalue weighted by atomic mass is 9.80. The first kappa shape index (κ1) is 27.3. The number of para-hydroxylation sites is 1. The molecule has 3 heterocycles. The van der Waals surface area contributed by atoms with E-state index in [0.29, 0.717) is 18.9 Å². The molecule has 0 spiro atoms. The van der Waals surface area contributed by atoms with Gasteiger partial charge in [0.05, 0.1) is 24.3 Å². The number of anilines is 3. The van der Waals surface area contributed by atoms with Crippen molar-refractivity contribution in [3.05, 3.63) is 94.7 Å². The number of nitrogens with zero attached hydrogens (tertiary/aromatic N) is 4. The number of hydrogen-bond donors (Lipinski definition) is 2. The highest BCUT2D eigenvalue weighted by molar-refractivity contribution is 5.68. The molecule has 1 aliphatic rings. The molecule has 5 rings (SSSR count). The fourth-order valence-corrected chi connectivity index (χ4v) is 5.47. The maximum absolute atomic E-state index is 15.2. The number of benzene rings is 2. The fraction of sp³-hybridized carbons (Fsp3) is 0.323. The van der Waals surface area contributed by atoms with Gasteiger partial charge in [-0.1, -0.05) is 25.1 Å². The second-order valence-electron chi connectivity index (χ2n) is 10.3. The van der Waals surface area contributed by atoms with Crippen LogP contribution in [-0.2, 0) is 6.54 Å². The van der Waals surface area contributed by atoms with Crippen molar-refractivity contribution in [2.24, 2.45) is 0 Å². The summed E-state index contributed by atoms with van der Waals surface area (Å²) in [4.78, 5) is 15.7. The standard InChI is InChI=1S/C31H33F2N5O2/c1-6-31(5)28(30-35-16-27(39)29(37-30)36-25-12-19(4)34-15-18(25)3)21-10-8-9-11-26(21)38(31)17-22-23(32)13-20(40-7-2)14-24(22)33/h8-16,28,39H,6-7,17H2,1-5H3,(H,34,35,36,37). The van der Waals surface area contributed by atoms with Crippen molar-refractivity contribution in [3.8, 4) is 11.5 Å². The average Bonchev–Trinajstić information content (AvgIpc) is 3.17. The first-order valence-corrected chi connectivity index (χ1v) is 13.4. The van der Waals surface area contributed by atoms with E-state index < -0.39 is 17.2 Å². The lowest BCUT2D eigenvalue weighted by Crippen LogP contribution is -2.46. The Hall–Kier alpha value is -4.27. The van der Waals surface area contributed by atoms with Gasteiger partial charge in [-0.3, -0.25) is 4.98 Å². The lowest BCUT2D eigenvalue weighted by Gasteiger charge is -2.40. The molecule has 7 nitrogen and oxygen atoms in total. The van der Waals surface area contributed by atoms with Crippen LogP contribution in [0.4, 0.5) is 26.0 Å². The molecule has 40 heavy (non-hydrogen) atoms. The molecule has 0 bridgehead atoms. The van der Waals surface area contributed by atoms with Crippen molar-refractivity contribution in [1.29, 1.82) is 0 Å². The molecule has 0 aliphatic carbocycles. The van der Waals surface area contributed by atoms with E-state index in [-0.39, 0.29) is 35.3 Å². The molecule has 208 valence electrons. The van der Waals surface area contributed by atoms with Crippen LogP contribution in [0.25, 0.3) is 0 Å². The fourth-order valence-electron chi connectivity index (χ4n) is 5.47. The van der Waals surface area contributed by atoms with Gasteiger partial charge in [-0.25, -0.2) is 18.7 Å². The van der Waals surface area contributed by atoms with Gasteiger partial charge in [-0.15, -0.1) is 0 Å². The summed E-state index contributed by atoms with van der Waals surface area (Å²) in [6.45, 7) is 10.0. The topological polar surface area (TPSA) is 83.4 Å². The molecule has 2 unspecified atom stereocenters. The minimum Gasteiger partial charge on any atom is -0.503 e. The maximum Gasteiger partial charge on any atom is 0.177 e. The zero-order chi connectivity index (χ0) is 28.6. The number of hydrogen-bond acceptors (Lipinski definition) is 7. The Kier molecular flexibility index (Phi) is 7.31. The second kappa shape index (κ2) is 10.7. The highest BCUT2D eigenvalue weighted by atomic mass is 19.1. The van der Waals surface area contributed by atoms with Crippen LogP contribution < -0.4 is 15.0 Å². The maximum atomic E-state index is 15.2. The quantitative estimate of drug-likeness (QED) is 0.248. The predicted octanol–water partition coefficient (Wildman–Crippen LogP) is 6.94. The van der Waals surface area contributed by atoms with Gasteiger partial charge in [0.2, 0.25) is 0 Å². The summed E-state index contributed by atoms with van der Waals surface area (Å²) < 4.78 is 35.7. The number of ether oxygens (including phenoxy) is 1. The van der Waals surface area contributed by atoms with E-state index in [1.54, 1.807) is 13.1 Å². The Bertz CT molecular complexity index is 1540. The van der Waals surface area contributed by atoms with Crippen LogP contribution >= 0.6 is 0 Å². The molecule has 2 aromatic carbocycles. The monoisotopic (exact) mass is 545 g/mol. The van der Waals surface area contributed by atoms with Crippen molar-refractivity contribution in [1.82, 2.24) is 15.0 Å². The third kappa shape index (κ3) is 4.80. The van der Waals surface area contributed by atoms with E-state index in [1.165, 1.54) is 18.3 Å². The van der Waals surface area contributed by atoms with Gasteiger partial charge in [0.1, 0.15) is 23.2 Å². The number of pyridine rings is 1. The van der Waals surface area contributed by atoms with Crippen LogP contribution in [0.1, 0.15) is 61.3 Å². The summed E-state index contributed by atoms with van der Waals surface area (Å²) >= 11 is 0. The van der Waals surface area contributed by atoms with Crippen molar-refractivity contribution in [3.63, 3.8) is 0 Å². The molecular formula is C31H33F2N5O2. The van der Waals surface area contributed by atoms with Crippen LogP contribution in [0.2, 0.25) is 0 Å². The third-order valence-corrected chi connectivity index (χ3v) is 7.77. The predicted molar refractivity (Wildman–Crippen MR) is 151 cm³/mol. The molecule has 9 heteroatoms.